The maximum absolute atomic E-state index is 12.9. The van der Waals surface area contributed by atoms with Gasteiger partial charge in [-0.2, -0.15) is 0 Å². The summed E-state index contributed by atoms with van der Waals surface area (Å²) < 4.78 is 2.01. The Hall–Kier alpha value is -3.15. The number of aryl methyl sites for hydroxylation is 1. The van der Waals surface area contributed by atoms with Crippen LogP contribution in [0.3, 0.4) is 0 Å². The number of hydrogen-bond acceptors (Lipinski definition) is 4. The van der Waals surface area contributed by atoms with Crippen LogP contribution in [0, 0.1) is 13.8 Å². The first-order valence-electron chi connectivity index (χ1n) is 10.2. The van der Waals surface area contributed by atoms with Gasteiger partial charge in [-0.1, -0.05) is 12.1 Å². The van der Waals surface area contributed by atoms with Crippen LogP contribution < -0.4 is 10.2 Å². The highest BCUT2D eigenvalue weighted by Crippen LogP contribution is 2.22. The summed E-state index contributed by atoms with van der Waals surface area (Å²) in [5.74, 6) is 1.74. The lowest BCUT2D eigenvalue weighted by Gasteiger charge is -2.29. The molecule has 3 aromatic rings. The van der Waals surface area contributed by atoms with Gasteiger partial charge in [0, 0.05) is 49.0 Å². The minimum Gasteiger partial charge on any atom is -0.356 e. The van der Waals surface area contributed by atoms with Crippen LogP contribution in [0.4, 0.5) is 5.82 Å². The Morgan fingerprint density at radius 3 is 2.59 bits per heavy atom. The molecule has 0 spiro atoms. The minimum absolute atomic E-state index is 0.0753. The maximum Gasteiger partial charge on any atom is 0.253 e. The zero-order valence-corrected chi connectivity index (χ0v) is 17.1. The number of carbonyl (C=O) groups is 1. The van der Waals surface area contributed by atoms with Crippen LogP contribution in [0.15, 0.2) is 48.8 Å². The van der Waals surface area contributed by atoms with Gasteiger partial charge in [0.1, 0.15) is 11.6 Å². The quantitative estimate of drug-likeness (QED) is 0.721. The number of rotatable bonds is 5. The zero-order valence-electron chi connectivity index (χ0n) is 17.1. The molecule has 1 aliphatic heterocycles. The molecule has 3 aromatic heterocycles. The Labute approximate surface area is 171 Å². The summed E-state index contributed by atoms with van der Waals surface area (Å²) in [7, 11) is 0. The van der Waals surface area contributed by atoms with Crippen molar-refractivity contribution in [3.63, 3.8) is 0 Å². The largest absolute Gasteiger partial charge is 0.356 e. The molecule has 0 bridgehead atoms. The lowest BCUT2D eigenvalue weighted by Crippen LogP contribution is -2.32. The van der Waals surface area contributed by atoms with Crippen LogP contribution in [0.25, 0.3) is 5.82 Å². The molecule has 1 saturated heterocycles. The Kier molecular flexibility index (Phi) is 5.60. The molecule has 4 heterocycles. The van der Waals surface area contributed by atoms with Gasteiger partial charge in [0.05, 0.1) is 5.56 Å². The van der Waals surface area contributed by atoms with E-state index in [2.05, 4.69) is 20.2 Å². The molecule has 0 unspecified atom stereocenters. The average Bonchev–Trinajstić information content (AvgIpc) is 3.07. The SMILES string of the molecule is Cc1cc(C(=O)NCc2cccnc2N2CCCCC2)c(C)n1-c1ccccn1. The predicted molar refractivity (Wildman–Crippen MR) is 115 cm³/mol. The molecule has 0 saturated carbocycles. The van der Waals surface area contributed by atoms with Crippen LogP contribution in [-0.4, -0.2) is 33.5 Å². The van der Waals surface area contributed by atoms with Crippen molar-refractivity contribution in [2.24, 2.45) is 0 Å². The number of anilines is 1. The summed E-state index contributed by atoms with van der Waals surface area (Å²) in [5.41, 5.74) is 3.61. The Bertz CT molecular complexity index is 990. The van der Waals surface area contributed by atoms with E-state index in [9.17, 15) is 4.79 Å². The Morgan fingerprint density at radius 1 is 1.03 bits per heavy atom. The number of aromatic nitrogens is 3. The van der Waals surface area contributed by atoms with E-state index in [4.69, 9.17) is 0 Å². The normalized spacial score (nSPS) is 14.1. The molecule has 0 atom stereocenters. The Morgan fingerprint density at radius 2 is 1.83 bits per heavy atom. The molecule has 29 heavy (non-hydrogen) atoms. The van der Waals surface area contributed by atoms with E-state index in [0.717, 1.165) is 41.7 Å². The van der Waals surface area contributed by atoms with Crippen LogP contribution in [0.1, 0.15) is 46.6 Å². The summed E-state index contributed by atoms with van der Waals surface area (Å²) in [4.78, 5) is 24.3. The summed E-state index contributed by atoms with van der Waals surface area (Å²) in [6, 6.07) is 11.7. The smallest absolute Gasteiger partial charge is 0.253 e. The summed E-state index contributed by atoms with van der Waals surface area (Å²) >= 11 is 0. The average molecular weight is 390 g/mol. The van der Waals surface area contributed by atoms with Crippen molar-refractivity contribution < 1.29 is 4.79 Å². The van der Waals surface area contributed by atoms with Crippen molar-refractivity contribution in [3.05, 3.63) is 71.3 Å². The second kappa shape index (κ2) is 8.47. The number of pyridine rings is 2. The van der Waals surface area contributed by atoms with Gasteiger partial charge in [-0.05, 0) is 57.4 Å². The van der Waals surface area contributed by atoms with Gasteiger partial charge >= 0.3 is 0 Å². The van der Waals surface area contributed by atoms with Gasteiger partial charge in [-0.3, -0.25) is 4.79 Å². The second-order valence-corrected chi connectivity index (χ2v) is 7.52. The van der Waals surface area contributed by atoms with Crippen molar-refractivity contribution in [2.45, 2.75) is 39.7 Å². The number of carbonyl (C=O) groups excluding carboxylic acids is 1. The molecule has 1 aliphatic rings. The van der Waals surface area contributed by atoms with Crippen molar-refractivity contribution in [3.8, 4) is 5.82 Å². The van der Waals surface area contributed by atoms with Gasteiger partial charge in [0.25, 0.3) is 5.91 Å². The van der Waals surface area contributed by atoms with Crippen molar-refractivity contribution in [1.82, 2.24) is 19.9 Å². The molecule has 150 valence electrons. The summed E-state index contributed by atoms with van der Waals surface area (Å²) in [5, 5.41) is 3.09. The molecule has 0 aromatic carbocycles. The third-order valence-electron chi connectivity index (χ3n) is 5.52. The van der Waals surface area contributed by atoms with E-state index >= 15 is 0 Å². The lowest BCUT2D eigenvalue weighted by molar-refractivity contribution is 0.0950. The van der Waals surface area contributed by atoms with Crippen molar-refractivity contribution in [1.29, 1.82) is 0 Å². The predicted octanol–water partition coefficient (Wildman–Crippen LogP) is 3.80. The van der Waals surface area contributed by atoms with E-state index in [1.165, 1.54) is 19.3 Å². The van der Waals surface area contributed by atoms with Gasteiger partial charge in [0.15, 0.2) is 0 Å². The fraction of sp³-hybridized carbons (Fsp3) is 0.348. The fourth-order valence-corrected chi connectivity index (χ4v) is 4.06. The zero-order chi connectivity index (χ0) is 20.2. The number of hydrogen-bond donors (Lipinski definition) is 1. The van der Waals surface area contributed by atoms with Crippen LogP contribution in [0.2, 0.25) is 0 Å². The monoisotopic (exact) mass is 389 g/mol. The van der Waals surface area contributed by atoms with E-state index in [-0.39, 0.29) is 5.91 Å². The Balaban J connectivity index is 1.52. The molecule has 1 N–H and O–H groups in total. The van der Waals surface area contributed by atoms with E-state index in [1.54, 1.807) is 6.20 Å². The second-order valence-electron chi connectivity index (χ2n) is 7.52. The lowest BCUT2D eigenvalue weighted by atomic mass is 10.1. The van der Waals surface area contributed by atoms with Gasteiger partial charge in [-0.25, -0.2) is 9.97 Å². The first kappa shape index (κ1) is 19.2. The van der Waals surface area contributed by atoms with Crippen molar-refractivity contribution >= 4 is 11.7 Å². The van der Waals surface area contributed by atoms with E-state index in [0.29, 0.717) is 12.1 Å². The first-order chi connectivity index (χ1) is 14.1. The molecular weight excluding hydrogens is 362 g/mol. The summed E-state index contributed by atoms with van der Waals surface area (Å²) in [6.07, 6.45) is 7.26. The van der Waals surface area contributed by atoms with Gasteiger partial charge < -0.3 is 14.8 Å². The van der Waals surface area contributed by atoms with E-state index < -0.39 is 0 Å². The molecule has 6 heteroatoms. The standard InChI is InChI=1S/C23H27N5O/c1-17-15-20(18(2)28(17)21-10-4-5-11-24-21)23(29)26-16-19-9-8-12-25-22(19)27-13-6-3-7-14-27/h4-5,8-12,15H,3,6-7,13-14,16H2,1-2H3,(H,26,29). The summed E-state index contributed by atoms with van der Waals surface area (Å²) in [6.45, 7) is 6.48. The van der Waals surface area contributed by atoms with Gasteiger partial charge in [0.2, 0.25) is 0 Å². The fourth-order valence-electron chi connectivity index (χ4n) is 4.06. The van der Waals surface area contributed by atoms with E-state index in [1.807, 2.05) is 61.0 Å². The highest BCUT2D eigenvalue weighted by Gasteiger charge is 2.19. The third-order valence-corrected chi connectivity index (χ3v) is 5.52. The van der Waals surface area contributed by atoms with Crippen LogP contribution in [0.5, 0.6) is 0 Å². The topological polar surface area (TPSA) is 63.1 Å². The number of piperidine rings is 1. The molecule has 0 radical (unpaired) electrons. The number of nitrogens with zero attached hydrogens (tertiary/aromatic N) is 4. The minimum atomic E-state index is -0.0753. The molecular formula is C23H27N5O. The van der Waals surface area contributed by atoms with Crippen molar-refractivity contribution in [2.75, 3.05) is 18.0 Å². The maximum atomic E-state index is 12.9. The third kappa shape index (κ3) is 4.01. The number of nitrogens with one attached hydrogen (secondary N) is 1. The number of amides is 1. The molecule has 0 aliphatic carbocycles. The highest BCUT2D eigenvalue weighted by atomic mass is 16.1. The molecule has 1 fully saturated rings. The molecule has 1 amide bonds. The molecule has 4 rings (SSSR count). The van der Waals surface area contributed by atoms with Crippen LogP contribution in [-0.2, 0) is 6.54 Å². The molecule has 6 nitrogen and oxygen atoms in total. The first-order valence-corrected chi connectivity index (χ1v) is 10.2. The van der Waals surface area contributed by atoms with Gasteiger partial charge in [-0.15, -0.1) is 0 Å². The van der Waals surface area contributed by atoms with Crippen LogP contribution >= 0.6 is 0 Å². The highest BCUT2D eigenvalue weighted by molar-refractivity contribution is 5.95.